The lowest BCUT2D eigenvalue weighted by atomic mass is 10.0. The Balaban J connectivity index is 1.62. The van der Waals surface area contributed by atoms with Crippen LogP contribution in [0.1, 0.15) is 52.4 Å². The van der Waals surface area contributed by atoms with Crippen LogP contribution in [0.25, 0.3) is 10.8 Å². The first-order chi connectivity index (χ1) is 13.2. The molecule has 0 saturated heterocycles. The first-order valence-corrected chi connectivity index (χ1v) is 9.98. The molecule has 6 nitrogen and oxygen atoms in total. The molecule has 1 aliphatic rings. The molecule has 1 atom stereocenters. The number of rotatable bonds is 6. The highest BCUT2D eigenvalue weighted by atomic mass is 32.1. The van der Waals surface area contributed by atoms with E-state index in [1.54, 1.807) is 24.7 Å². The van der Waals surface area contributed by atoms with Crippen molar-refractivity contribution in [3.63, 3.8) is 0 Å². The molecule has 3 aromatic heterocycles. The molecule has 3 heterocycles. The molecule has 27 heavy (non-hydrogen) atoms. The molecule has 0 aliphatic heterocycles. The average molecular weight is 379 g/mol. The standard InChI is InChI=1S/C20H21N5OS/c1-3-14-17(27-20(24-14)18-22-10-5-11-23-18)19(26)25-16(13-7-8-13)15-12(2)6-4-9-21-15/h4-6,9-11,13,16H,3,7-8H2,1-2H3,(H,25,26). The highest BCUT2D eigenvalue weighted by Crippen LogP contribution is 2.41. The van der Waals surface area contributed by atoms with Gasteiger partial charge in [-0.1, -0.05) is 13.0 Å². The third-order valence-electron chi connectivity index (χ3n) is 4.72. The van der Waals surface area contributed by atoms with Crippen LogP contribution in [-0.4, -0.2) is 25.8 Å². The van der Waals surface area contributed by atoms with E-state index in [-0.39, 0.29) is 11.9 Å². The third-order valence-corrected chi connectivity index (χ3v) is 5.81. The first-order valence-electron chi connectivity index (χ1n) is 9.16. The molecule has 1 saturated carbocycles. The van der Waals surface area contributed by atoms with E-state index in [9.17, 15) is 4.79 Å². The van der Waals surface area contributed by atoms with Crippen LogP contribution in [0.2, 0.25) is 0 Å². The summed E-state index contributed by atoms with van der Waals surface area (Å²) < 4.78 is 0. The summed E-state index contributed by atoms with van der Waals surface area (Å²) in [6.45, 7) is 4.04. The molecule has 4 rings (SSSR count). The van der Waals surface area contributed by atoms with Gasteiger partial charge in [0.2, 0.25) is 0 Å². The number of nitrogens with one attached hydrogen (secondary N) is 1. The van der Waals surface area contributed by atoms with E-state index in [4.69, 9.17) is 0 Å². The van der Waals surface area contributed by atoms with Crippen LogP contribution in [0.3, 0.4) is 0 Å². The Labute approximate surface area is 162 Å². The zero-order valence-electron chi connectivity index (χ0n) is 15.3. The molecular formula is C20H21N5OS. The number of aryl methyl sites for hydroxylation is 2. The molecule has 1 unspecified atom stereocenters. The van der Waals surface area contributed by atoms with Gasteiger partial charge in [-0.3, -0.25) is 9.78 Å². The summed E-state index contributed by atoms with van der Waals surface area (Å²) >= 11 is 1.35. The van der Waals surface area contributed by atoms with Gasteiger partial charge < -0.3 is 5.32 Å². The van der Waals surface area contributed by atoms with Crippen molar-refractivity contribution in [3.05, 3.63) is 58.6 Å². The maximum atomic E-state index is 13.1. The van der Waals surface area contributed by atoms with Gasteiger partial charge in [0.25, 0.3) is 5.91 Å². The molecule has 3 aromatic rings. The topological polar surface area (TPSA) is 80.7 Å². The fourth-order valence-corrected chi connectivity index (χ4v) is 4.15. The fourth-order valence-electron chi connectivity index (χ4n) is 3.14. The molecule has 0 spiro atoms. The van der Waals surface area contributed by atoms with Crippen LogP contribution in [-0.2, 0) is 6.42 Å². The number of carbonyl (C=O) groups is 1. The van der Waals surface area contributed by atoms with E-state index in [2.05, 4.69) is 25.3 Å². The molecule has 7 heteroatoms. The Bertz CT molecular complexity index is 952. The van der Waals surface area contributed by atoms with E-state index < -0.39 is 0 Å². The number of pyridine rings is 1. The lowest BCUT2D eigenvalue weighted by molar-refractivity contribution is 0.0933. The zero-order valence-corrected chi connectivity index (χ0v) is 16.2. The van der Waals surface area contributed by atoms with Gasteiger partial charge in [-0.05, 0) is 49.8 Å². The normalized spacial score (nSPS) is 14.7. The van der Waals surface area contributed by atoms with E-state index in [0.29, 0.717) is 28.0 Å². The lowest BCUT2D eigenvalue weighted by Crippen LogP contribution is -2.31. The molecule has 1 N–H and O–H groups in total. The Morgan fingerprint density at radius 3 is 2.63 bits per heavy atom. The van der Waals surface area contributed by atoms with E-state index >= 15 is 0 Å². The highest BCUT2D eigenvalue weighted by Gasteiger charge is 2.36. The van der Waals surface area contributed by atoms with Crippen molar-refractivity contribution in [1.29, 1.82) is 0 Å². The van der Waals surface area contributed by atoms with Gasteiger partial charge in [-0.2, -0.15) is 0 Å². The van der Waals surface area contributed by atoms with Crippen molar-refractivity contribution in [3.8, 4) is 10.8 Å². The van der Waals surface area contributed by atoms with Crippen molar-refractivity contribution < 1.29 is 4.79 Å². The van der Waals surface area contributed by atoms with Crippen LogP contribution >= 0.6 is 11.3 Å². The summed E-state index contributed by atoms with van der Waals surface area (Å²) in [7, 11) is 0. The van der Waals surface area contributed by atoms with Crippen LogP contribution in [0.15, 0.2) is 36.8 Å². The van der Waals surface area contributed by atoms with Crippen molar-refractivity contribution in [2.45, 2.75) is 39.2 Å². The average Bonchev–Trinajstić information content (AvgIpc) is 3.45. The van der Waals surface area contributed by atoms with Crippen LogP contribution in [0.4, 0.5) is 0 Å². The number of hydrogen-bond donors (Lipinski definition) is 1. The van der Waals surface area contributed by atoms with Gasteiger partial charge in [0.05, 0.1) is 17.4 Å². The van der Waals surface area contributed by atoms with Crippen molar-refractivity contribution in [2.75, 3.05) is 0 Å². The molecule has 0 bridgehead atoms. The first kappa shape index (κ1) is 17.7. The number of carbonyl (C=O) groups excluding carboxylic acids is 1. The molecule has 1 fully saturated rings. The summed E-state index contributed by atoms with van der Waals surface area (Å²) in [4.78, 5) is 31.4. The minimum absolute atomic E-state index is 0.0538. The zero-order chi connectivity index (χ0) is 18.8. The SMILES string of the molecule is CCc1nc(-c2ncccn2)sc1C(=O)NC(c1ncccc1C)C1CC1. The molecule has 0 radical (unpaired) electrons. The van der Waals surface area contributed by atoms with Gasteiger partial charge in [0.15, 0.2) is 10.8 Å². The minimum Gasteiger partial charge on any atom is -0.343 e. The minimum atomic E-state index is -0.0894. The maximum Gasteiger partial charge on any atom is 0.263 e. The van der Waals surface area contributed by atoms with Crippen molar-refractivity contribution in [2.24, 2.45) is 5.92 Å². The summed E-state index contributed by atoms with van der Waals surface area (Å²) in [5, 5.41) is 3.90. The Morgan fingerprint density at radius 2 is 1.96 bits per heavy atom. The van der Waals surface area contributed by atoms with Crippen molar-refractivity contribution >= 4 is 17.2 Å². The van der Waals surface area contributed by atoms with Gasteiger partial charge >= 0.3 is 0 Å². The van der Waals surface area contributed by atoms with Crippen LogP contribution in [0.5, 0.6) is 0 Å². The third kappa shape index (κ3) is 3.73. The summed E-state index contributed by atoms with van der Waals surface area (Å²) in [5.74, 6) is 0.918. The maximum absolute atomic E-state index is 13.1. The second-order valence-electron chi connectivity index (χ2n) is 6.71. The summed E-state index contributed by atoms with van der Waals surface area (Å²) in [6, 6.07) is 5.68. The van der Waals surface area contributed by atoms with Crippen LogP contribution in [0, 0.1) is 12.8 Å². The fraction of sp³-hybridized carbons (Fsp3) is 0.350. The molecule has 0 aromatic carbocycles. The van der Waals surface area contributed by atoms with Crippen molar-refractivity contribution in [1.82, 2.24) is 25.3 Å². The lowest BCUT2D eigenvalue weighted by Gasteiger charge is -2.19. The van der Waals surface area contributed by atoms with Gasteiger partial charge in [0.1, 0.15) is 4.88 Å². The summed E-state index contributed by atoms with van der Waals surface area (Å²) in [5.41, 5.74) is 2.85. The van der Waals surface area contributed by atoms with Gasteiger partial charge in [-0.15, -0.1) is 11.3 Å². The summed E-state index contributed by atoms with van der Waals surface area (Å²) in [6.07, 6.45) is 8.08. The Hall–Kier alpha value is -2.67. The second kappa shape index (κ2) is 7.52. The number of aromatic nitrogens is 4. The van der Waals surface area contributed by atoms with Crippen LogP contribution < -0.4 is 5.32 Å². The molecule has 138 valence electrons. The smallest absolute Gasteiger partial charge is 0.263 e. The second-order valence-corrected chi connectivity index (χ2v) is 7.71. The number of hydrogen-bond acceptors (Lipinski definition) is 6. The monoisotopic (exact) mass is 379 g/mol. The largest absolute Gasteiger partial charge is 0.343 e. The Kier molecular flexibility index (Phi) is 4.94. The van der Waals surface area contributed by atoms with Gasteiger partial charge in [-0.25, -0.2) is 15.0 Å². The van der Waals surface area contributed by atoms with E-state index in [0.717, 1.165) is 29.8 Å². The highest BCUT2D eigenvalue weighted by molar-refractivity contribution is 7.17. The van der Waals surface area contributed by atoms with Gasteiger partial charge in [0, 0.05) is 18.6 Å². The quantitative estimate of drug-likeness (QED) is 0.705. The molecule has 1 aliphatic carbocycles. The number of nitrogens with zero attached hydrogens (tertiary/aromatic N) is 4. The molecule has 1 amide bonds. The Morgan fingerprint density at radius 1 is 1.22 bits per heavy atom. The van der Waals surface area contributed by atoms with E-state index in [1.807, 2.05) is 26.0 Å². The molecular weight excluding hydrogens is 358 g/mol. The predicted octanol–water partition coefficient (Wildman–Crippen LogP) is 3.75. The van der Waals surface area contributed by atoms with E-state index in [1.165, 1.54) is 11.3 Å². The number of amides is 1. The number of thiazole rings is 1. The predicted molar refractivity (Wildman–Crippen MR) is 104 cm³/mol.